The number of hydrogen-bond donors (Lipinski definition) is 1. The Bertz CT molecular complexity index is 892. The third kappa shape index (κ3) is 4.49. The number of fused-ring (bicyclic) bond motifs is 1. The van der Waals surface area contributed by atoms with Crippen molar-refractivity contribution in [2.75, 3.05) is 6.61 Å². The average molecular weight is 387 g/mol. The molecule has 5 nitrogen and oxygen atoms in total. The molecule has 0 saturated carbocycles. The zero-order chi connectivity index (χ0) is 19.4. The first-order chi connectivity index (χ1) is 12.9. The predicted molar refractivity (Wildman–Crippen MR) is 110 cm³/mol. The summed E-state index contributed by atoms with van der Waals surface area (Å²) < 4.78 is 8.10. The number of hydrogen-bond acceptors (Lipinski definition) is 4. The number of halogens is 1. The molecule has 1 atom stereocenters. The molecule has 144 valence electrons. The first-order valence-electron chi connectivity index (χ1n) is 9.38. The number of aryl methyl sites for hydroxylation is 2. The van der Waals surface area contributed by atoms with Gasteiger partial charge in [0, 0.05) is 18.5 Å². The summed E-state index contributed by atoms with van der Waals surface area (Å²) in [7, 11) is 0. The molecule has 3 rings (SSSR count). The Morgan fingerprint density at radius 1 is 1.26 bits per heavy atom. The number of rotatable bonds is 8. The van der Waals surface area contributed by atoms with Crippen molar-refractivity contribution in [1.29, 1.82) is 0 Å². The minimum absolute atomic E-state index is 0.184. The predicted octanol–water partition coefficient (Wildman–Crippen LogP) is 4.53. The molecule has 0 aliphatic heterocycles. The van der Waals surface area contributed by atoms with Crippen LogP contribution in [-0.4, -0.2) is 27.0 Å². The second-order valence-corrected chi connectivity index (χ2v) is 7.62. The van der Waals surface area contributed by atoms with Crippen LogP contribution < -0.4 is 5.73 Å². The minimum Gasteiger partial charge on any atom is -0.374 e. The van der Waals surface area contributed by atoms with E-state index in [4.69, 9.17) is 22.1 Å². The SMILES string of the molecule is CCn1ncc2cc(Cl)nc(CCCOC(C)(C)C(N)c3ccccc3)c21. The summed E-state index contributed by atoms with van der Waals surface area (Å²) in [5, 5.41) is 5.94. The Morgan fingerprint density at radius 3 is 2.70 bits per heavy atom. The van der Waals surface area contributed by atoms with Crippen molar-refractivity contribution < 1.29 is 4.74 Å². The lowest BCUT2D eigenvalue weighted by Gasteiger charge is -2.32. The van der Waals surface area contributed by atoms with Crippen LogP contribution >= 0.6 is 11.6 Å². The van der Waals surface area contributed by atoms with E-state index in [9.17, 15) is 0 Å². The molecular weight excluding hydrogens is 360 g/mol. The summed E-state index contributed by atoms with van der Waals surface area (Å²) in [5.74, 6) is 0. The van der Waals surface area contributed by atoms with E-state index in [1.54, 1.807) is 0 Å². The van der Waals surface area contributed by atoms with Crippen LogP contribution in [0.1, 0.15) is 44.5 Å². The number of benzene rings is 1. The van der Waals surface area contributed by atoms with Gasteiger partial charge in [-0.1, -0.05) is 41.9 Å². The Morgan fingerprint density at radius 2 is 2.00 bits per heavy atom. The number of pyridine rings is 1. The molecule has 3 aromatic rings. The Balaban J connectivity index is 1.63. The molecule has 0 saturated heterocycles. The van der Waals surface area contributed by atoms with Crippen molar-refractivity contribution in [2.45, 2.75) is 51.8 Å². The third-order valence-electron chi connectivity index (χ3n) is 4.90. The molecule has 0 aliphatic carbocycles. The van der Waals surface area contributed by atoms with E-state index in [0.29, 0.717) is 11.8 Å². The van der Waals surface area contributed by atoms with Crippen LogP contribution in [0.15, 0.2) is 42.6 Å². The number of nitrogens with zero attached hydrogens (tertiary/aromatic N) is 3. The summed E-state index contributed by atoms with van der Waals surface area (Å²) in [6.45, 7) is 7.54. The zero-order valence-corrected chi connectivity index (χ0v) is 16.9. The normalized spacial score (nSPS) is 13.2. The largest absolute Gasteiger partial charge is 0.374 e. The van der Waals surface area contributed by atoms with Gasteiger partial charge in [-0.3, -0.25) is 4.68 Å². The number of nitrogens with two attached hydrogens (primary N) is 1. The smallest absolute Gasteiger partial charge is 0.130 e. The van der Waals surface area contributed by atoms with Crippen molar-refractivity contribution in [3.05, 3.63) is 59.0 Å². The van der Waals surface area contributed by atoms with E-state index in [0.717, 1.165) is 41.5 Å². The molecule has 6 heteroatoms. The van der Waals surface area contributed by atoms with Crippen LogP contribution in [0, 0.1) is 0 Å². The second kappa shape index (κ2) is 8.38. The van der Waals surface area contributed by atoms with Crippen molar-refractivity contribution in [3.63, 3.8) is 0 Å². The maximum Gasteiger partial charge on any atom is 0.130 e. The Hall–Kier alpha value is -1.95. The highest BCUT2D eigenvalue weighted by atomic mass is 35.5. The van der Waals surface area contributed by atoms with Gasteiger partial charge in [-0.2, -0.15) is 5.10 Å². The van der Waals surface area contributed by atoms with Gasteiger partial charge in [-0.25, -0.2) is 4.98 Å². The lowest BCUT2D eigenvalue weighted by atomic mass is 9.92. The molecule has 2 aromatic heterocycles. The Labute approximate surface area is 165 Å². The number of ether oxygens (including phenoxy) is 1. The summed E-state index contributed by atoms with van der Waals surface area (Å²) in [6.07, 6.45) is 3.45. The quantitative estimate of drug-likeness (QED) is 0.456. The summed E-state index contributed by atoms with van der Waals surface area (Å²) >= 11 is 6.18. The van der Waals surface area contributed by atoms with Crippen molar-refractivity contribution in [3.8, 4) is 0 Å². The fraction of sp³-hybridized carbons (Fsp3) is 0.429. The van der Waals surface area contributed by atoms with E-state index >= 15 is 0 Å². The average Bonchev–Trinajstić information content (AvgIpc) is 3.08. The van der Waals surface area contributed by atoms with Crippen molar-refractivity contribution in [2.24, 2.45) is 5.73 Å². The lowest BCUT2D eigenvalue weighted by molar-refractivity contribution is -0.0375. The molecule has 1 aromatic carbocycles. The molecule has 0 fully saturated rings. The van der Waals surface area contributed by atoms with Gasteiger partial charge in [0.25, 0.3) is 0 Å². The van der Waals surface area contributed by atoms with Gasteiger partial charge in [-0.05, 0) is 45.2 Å². The molecule has 0 amide bonds. The first-order valence-corrected chi connectivity index (χ1v) is 9.75. The van der Waals surface area contributed by atoms with Gasteiger partial charge in [0.05, 0.1) is 29.1 Å². The van der Waals surface area contributed by atoms with Crippen LogP contribution in [0.4, 0.5) is 0 Å². The molecule has 2 heterocycles. The van der Waals surface area contributed by atoms with Gasteiger partial charge >= 0.3 is 0 Å². The van der Waals surface area contributed by atoms with Crippen LogP contribution in [0.3, 0.4) is 0 Å². The van der Waals surface area contributed by atoms with Gasteiger partial charge in [0.15, 0.2) is 0 Å². The van der Waals surface area contributed by atoms with E-state index in [1.165, 1.54) is 0 Å². The van der Waals surface area contributed by atoms with Crippen molar-refractivity contribution >= 4 is 22.5 Å². The van der Waals surface area contributed by atoms with E-state index < -0.39 is 5.60 Å². The molecular formula is C21H27ClN4O. The first kappa shape index (κ1) is 19.8. The standard InChI is InChI=1S/C21H27ClN4O/c1-4-26-19-16(14-24-26)13-18(22)25-17(19)11-8-12-27-21(2,3)20(23)15-9-6-5-7-10-15/h5-7,9-10,13-14,20H,4,8,11-12,23H2,1-3H3. The fourth-order valence-corrected chi connectivity index (χ4v) is 3.52. The third-order valence-corrected chi connectivity index (χ3v) is 5.09. The van der Waals surface area contributed by atoms with E-state index in [2.05, 4.69) is 17.0 Å². The molecule has 0 bridgehead atoms. The Kier molecular flexibility index (Phi) is 6.15. The van der Waals surface area contributed by atoms with Gasteiger partial charge < -0.3 is 10.5 Å². The highest BCUT2D eigenvalue weighted by Gasteiger charge is 2.28. The van der Waals surface area contributed by atoms with Crippen LogP contribution in [-0.2, 0) is 17.7 Å². The van der Waals surface area contributed by atoms with Gasteiger partial charge in [-0.15, -0.1) is 0 Å². The molecule has 27 heavy (non-hydrogen) atoms. The van der Waals surface area contributed by atoms with E-state index in [1.807, 2.05) is 61.1 Å². The van der Waals surface area contributed by atoms with Gasteiger partial charge in [0.2, 0.25) is 0 Å². The zero-order valence-electron chi connectivity index (χ0n) is 16.2. The summed E-state index contributed by atoms with van der Waals surface area (Å²) in [4.78, 5) is 4.52. The monoisotopic (exact) mass is 386 g/mol. The minimum atomic E-state index is -0.455. The highest BCUT2D eigenvalue weighted by molar-refractivity contribution is 6.30. The lowest BCUT2D eigenvalue weighted by Crippen LogP contribution is -2.38. The topological polar surface area (TPSA) is 66.0 Å². The summed E-state index contributed by atoms with van der Waals surface area (Å²) in [5.41, 5.74) is 9.06. The maximum atomic E-state index is 6.42. The highest BCUT2D eigenvalue weighted by Crippen LogP contribution is 2.27. The van der Waals surface area contributed by atoms with Crippen LogP contribution in [0.2, 0.25) is 5.15 Å². The second-order valence-electron chi connectivity index (χ2n) is 7.23. The molecule has 1 unspecified atom stereocenters. The van der Waals surface area contributed by atoms with Crippen LogP contribution in [0.5, 0.6) is 0 Å². The van der Waals surface area contributed by atoms with Gasteiger partial charge in [0.1, 0.15) is 5.15 Å². The summed E-state index contributed by atoms with van der Waals surface area (Å²) in [6, 6.07) is 11.7. The molecule has 0 aliphatic rings. The molecule has 0 spiro atoms. The maximum absolute atomic E-state index is 6.42. The van der Waals surface area contributed by atoms with Crippen LogP contribution in [0.25, 0.3) is 10.9 Å². The molecule has 2 N–H and O–H groups in total. The number of aromatic nitrogens is 3. The van der Waals surface area contributed by atoms with Crippen molar-refractivity contribution in [1.82, 2.24) is 14.8 Å². The molecule has 0 radical (unpaired) electrons. The fourth-order valence-electron chi connectivity index (χ4n) is 3.30. The van der Waals surface area contributed by atoms with E-state index in [-0.39, 0.29) is 6.04 Å².